The smallest absolute Gasteiger partial charge is 0.0624 e. The lowest BCUT2D eigenvalue weighted by atomic mass is 10.1. The van der Waals surface area contributed by atoms with E-state index in [1.165, 1.54) is 0 Å². The van der Waals surface area contributed by atoms with Gasteiger partial charge in [-0.25, -0.2) is 0 Å². The SMILES string of the molecule is NC(CO)c1ccc2[nH]c3ccncc3c2c1. The topological polar surface area (TPSA) is 74.9 Å². The number of nitrogens with zero attached hydrogens (tertiary/aromatic N) is 1. The van der Waals surface area contributed by atoms with Crippen molar-refractivity contribution in [2.45, 2.75) is 6.04 Å². The number of aliphatic hydroxyl groups is 1. The average Bonchev–Trinajstić information content (AvgIpc) is 2.75. The molecule has 0 spiro atoms. The number of hydrogen-bond acceptors (Lipinski definition) is 3. The highest BCUT2D eigenvalue weighted by molar-refractivity contribution is 6.06. The van der Waals surface area contributed by atoms with Crippen molar-refractivity contribution in [3.05, 3.63) is 42.2 Å². The molecule has 4 nitrogen and oxygen atoms in total. The van der Waals surface area contributed by atoms with Gasteiger partial charge in [0.05, 0.1) is 12.6 Å². The summed E-state index contributed by atoms with van der Waals surface area (Å²) in [5.41, 5.74) is 8.87. The third kappa shape index (κ3) is 1.58. The van der Waals surface area contributed by atoms with Gasteiger partial charge >= 0.3 is 0 Å². The van der Waals surface area contributed by atoms with Gasteiger partial charge in [0.1, 0.15) is 0 Å². The molecular formula is C13H13N3O. The molecule has 0 radical (unpaired) electrons. The first-order chi connectivity index (χ1) is 8.29. The van der Waals surface area contributed by atoms with E-state index in [-0.39, 0.29) is 12.6 Å². The van der Waals surface area contributed by atoms with Crippen molar-refractivity contribution in [1.29, 1.82) is 0 Å². The summed E-state index contributed by atoms with van der Waals surface area (Å²) in [6.45, 7) is -0.0495. The Bertz CT molecular complexity index is 675. The molecule has 0 aliphatic heterocycles. The van der Waals surface area contributed by atoms with Gasteiger partial charge in [0.2, 0.25) is 0 Å². The molecule has 86 valence electrons. The highest BCUT2D eigenvalue weighted by atomic mass is 16.3. The predicted molar refractivity (Wildman–Crippen MR) is 67.6 cm³/mol. The van der Waals surface area contributed by atoms with Gasteiger partial charge in [0, 0.05) is 34.2 Å². The summed E-state index contributed by atoms with van der Waals surface area (Å²) < 4.78 is 0. The van der Waals surface area contributed by atoms with Crippen LogP contribution >= 0.6 is 0 Å². The van der Waals surface area contributed by atoms with Crippen LogP contribution in [0.15, 0.2) is 36.7 Å². The average molecular weight is 227 g/mol. The fourth-order valence-electron chi connectivity index (χ4n) is 2.09. The number of hydrogen-bond donors (Lipinski definition) is 3. The molecule has 0 fully saturated rings. The van der Waals surface area contributed by atoms with E-state index >= 15 is 0 Å². The molecule has 2 aromatic heterocycles. The van der Waals surface area contributed by atoms with Crippen molar-refractivity contribution in [3.63, 3.8) is 0 Å². The fraction of sp³-hybridized carbons (Fsp3) is 0.154. The van der Waals surface area contributed by atoms with E-state index in [2.05, 4.69) is 9.97 Å². The number of aliphatic hydroxyl groups excluding tert-OH is 1. The first-order valence-corrected chi connectivity index (χ1v) is 5.51. The Morgan fingerprint density at radius 2 is 2.06 bits per heavy atom. The number of aromatic amines is 1. The number of benzene rings is 1. The number of pyridine rings is 1. The molecule has 4 N–H and O–H groups in total. The van der Waals surface area contributed by atoms with E-state index in [1.807, 2.05) is 30.5 Å². The summed E-state index contributed by atoms with van der Waals surface area (Å²) >= 11 is 0. The van der Waals surface area contributed by atoms with Crippen molar-refractivity contribution in [1.82, 2.24) is 9.97 Å². The van der Waals surface area contributed by atoms with Crippen LogP contribution in [-0.2, 0) is 0 Å². The Morgan fingerprint density at radius 3 is 2.88 bits per heavy atom. The van der Waals surface area contributed by atoms with Gasteiger partial charge in [0.15, 0.2) is 0 Å². The summed E-state index contributed by atoms with van der Waals surface area (Å²) in [5, 5.41) is 11.2. The second-order valence-electron chi connectivity index (χ2n) is 4.14. The second-order valence-corrected chi connectivity index (χ2v) is 4.14. The van der Waals surface area contributed by atoms with Crippen molar-refractivity contribution in [2.75, 3.05) is 6.61 Å². The minimum atomic E-state index is -0.332. The first kappa shape index (κ1) is 10.3. The lowest BCUT2D eigenvalue weighted by molar-refractivity contribution is 0.268. The minimum Gasteiger partial charge on any atom is -0.394 e. The molecule has 0 aliphatic rings. The standard InChI is InChI=1S/C13H13N3O/c14-11(7-17)8-1-2-12-9(5-8)10-6-15-4-3-13(10)16-12/h1-6,11,16-17H,7,14H2. The summed E-state index contributed by atoms with van der Waals surface area (Å²) in [5.74, 6) is 0. The Kier molecular flexibility index (Phi) is 2.31. The number of nitrogens with one attached hydrogen (secondary N) is 1. The highest BCUT2D eigenvalue weighted by Crippen LogP contribution is 2.26. The van der Waals surface area contributed by atoms with Crippen LogP contribution in [0.25, 0.3) is 21.8 Å². The highest BCUT2D eigenvalue weighted by Gasteiger charge is 2.08. The summed E-state index contributed by atoms with van der Waals surface area (Å²) in [4.78, 5) is 7.45. The zero-order chi connectivity index (χ0) is 11.8. The van der Waals surface area contributed by atoms with Gasteiger partial charge in [-0.05, 0) is 23.8 Å². The number of H-pyrrole nitrogens is 1. The maximum Gasteiger partial charge on any atom is 0.0624 e. The van der Waals surface area contributed by atoms with Crippen LogP contribution in [0.1, 0.15) is 11.6 Å². The molecular weight excluding hydrogens is 214 g/mol. The van der Waals surface area contributed by atoms with E-state index in [1.54, 1.807) is 6.20 Å². The van der Waals surface area contributed by atoms with Crippen LogP contribution in [-0.4, -0.2) is 21.7 Å². The molecule has 3 rings (SSSR count). The lowest BCUT2D eigenvalue weighted by Gasteiger charge is -2.07. The summed E-state index contributed by atoms with van der Waals surface area (Å²) in [6.07, 6.45) is 3.60. The van der Waals surface area contributed by atoms with Gasteiger partial charge < -0.3 is 15.8 Å². The van der Waals surface area contributed by atoms with Gasteiger partial charge in [-0.1, -0.05) is 6.07 Å². The fourth-order valence-corrected chi connectivity index (χ4v) is 2.09. The molecule has 3 aromatic rings. The Hall–Kier alpha value is -1.91. The Labute approximate surface area is 98.1 Å². The van der Waals surface area contributed by atoms with Crippen LogP contribution in [0.4, 0.5) is 0 Å². The molecule has 0 saturated heterocycles. The maximum atomic E-state index is 9.08. The predicted octanol–water partition coefficient (Wildman–Crippen LogP) is 1.71. The summed E-state index contributed by atoms with van der Waals surface area (Å²) in [7, 11) is 0. The van der Waals surface area contributed by atoms with Crippen LogP contribution in [0.3, 0.4) is 0 Å². The van der Waals surface area contributed by atoms with E-state index in [9.17, 15) is 0 Å². The van der Waals surface area contributed by atoms with Gasteiger partial charge in [-0.15, -0.1) is 0 Å². The van der Waals surface area contributed by atoms with Crippen LogP contribution < -0.4 is 5.73 Å². The number of rotatable bonds is 2. The molecule has 0 aliphatic carbocycles. The molecule has 1 aromatic carbocycles. The van der Waals surface area contributed by atoms with Gasteiger partial charge in [0.25, 0.3) is 0 Å². The van der Waals surface area contributed by atoms with Crippen molar-refractivity contribution < 1.29 is 5.11 Å². The number of aromatic nitrogens is 2. The zero-order valence-corrected chi connectivity index (χ0v) is 9.22. The van der Waals surface area contributed by atoms with Crippen molar-refractivity contribution in [2.24, 2.45) is 5.73 Å². The molecule has 0 saturated carbocycles. The summed E-state index contributed by atoms with van der Waals surface area (Å²) in [6, 6.07) is 7.55. The normalized spacial score (nSPS) is 13.3. The van der Waals surface area contributed by atoms with E-state index in [4.69, 9.17) is 10.8 Å². The molecule has 0 amide bonds. The van der Waals surface area contributed by atoms with Crippen molar-refractivity contribution >= 4 is 21.8 Å². The molecule has 2 heterocycles. The third-order valence-corrected chi connectivity index (χ3v) is 3.05. The second kappa shape index (κ2) is 3.84. The monoisotopic (exact) mass is 227 g/mol. The number of nitrogens with two attached hydrogens (primary N) is 1. The molecule has 17 heavy (non-hydrogen) atoms. The zero-order valence-electron chi connectivity index (χ0n) is 9.22. The van der Waals surface area contributed by atoms with E-state index in [0.717, 1.165) is 27.4 Å². The number of fused-ring (bicyclic) bond motifs is 3. The van der Waals surface area contributed by atoms with E-state index in [0.29, 0.717) is 0 Å². The van der Waals surface area contributed by atoms with E-state index < -0.39 is 0 Å². The molecule has 4 heteroatoms. The van der Waals surface area contributed by atoms with Crippen LogP contribution in [0.5, 0.6) is 0 Å². The first-order valence-electron chi connectivity index (χ1n) is 5.51. The molecule has 1 atom stereocenters. The lowest BCUT2D eigenvalue weighted by Crippen LogP contribution is -2.14. The Balaban J connectivity index is 2.30. The quantitative estimate of drug-likeness (QED) is 0.624. The maximum absolute atomic E-state index is 9.08. The molecule has 0 bridgehead atoms. The van der Waals surface area contributed by atoms with Crippen LogP contribution in [0, 0.1) is 0 Å². The Morgan fingerprint density at radius 1 is 1.24 bits per heavy atom. The minimum absolute atomic E-state index is 0.0495. The van der Waals surface area contributed by atoms with Gasteiger partial charge in [-0.3, -0.25) is 4.98 Å². The third-order valence-electron chi connectivity index (χ3n) is 3.05. The van der Waals surface area contributed by atoms with Crippen LogP contribution in [0.2, 0.25) is 0 Å². The molecule has 1 unspecified atom stereocenters. The van der Waals surface area contributed by atoms with Crippen molar-refractivity contribution in [3.8, 4) is 0 Å². The largest absolute Gasteiger partial charge is 0.394 e. The van der Waals surface area contributed by atoms with Gasteiger partial charge in [-0.2, -0.15) is 0 Å².